The number of carbonyl (C=O) groups is 1. The molecule has 1 aromatic carbocycles. The lowest BCUT2D eigenvalue weighted by Crippen LogP contribution is -2.19. The van der Waals surface area contributed by atoms with Crippen molar-refractivity contribution in [3.05, 3.63) is 18.2 Å². The molecule has 0 aliphatic heterocycles. The highest BCUT2D eigenvalue weighted by Gasteiger charge is 2.15. The molecule has 18 heavy (non-hydrogen) atoms. The first-order chi connectivity index (χ1) is 8.25. The summed E-state index contributed by atoms with van der Waals surface area (Å²) in [7, 11) is -2.39. The van der Waals surface area contributed by atoms with E-state index in [-0.39, 0.29) is 22.4 Å². The van der Waals surface area contributed by atoms with E-state index in [0.29, 0.717) is 5.75 Å². The van der Waals surface area contributed by atoms with E-state index < -0.39 is 10.0 Å². The first-order valence-electron chi connectivity index (χ1n) is 5.27. The van der Waals surface area contributed by atoms with Crippen molar-refractivity contribution in [3.8, 4) is 5.75 Å². The lowest BCUT2D eigenvalue weighted by molar-refractivity contribution is -0.118. The second kappa shape index (κ2) is 5.36. The molecule has 0 fully saturated rings. The molecule has 7 heteroatoms. The fraction of sp³-hybridized carbons (Fsp3) is 0.364. The van der Waals surface area contributed by atoms with E-state index in [9.17, 15) is 13.2 Å². The van der Waals surface area contributed by atoms with Crippen molar-refractivity contribution in [2.24, 2.45) is 11.1 Å². The van der Waals surface area contributed by atoms with Crippen LogP contribution in [0.25, 0.3) is 0 Å². The minimum atomic E-state index is -3.81. The number of hydrogen-bond donors (Lipinski definition) is 2. The van der Waals surface area contributed by atoms with Crippen LogP contribution in [0.3, 0.4) is 0 Å². The largest absolute Gasteiger partial charge is 0.495 e. The predicted octanol–water partition coefficient (Wildman–Crippen LogP) is 0.937. The smallest absolute Gasteiger partial charge is 0.238 e. The molecule has 0 radical (unpaired) electrons. The molecule has 6 nitrogen and oxygen atoms in total. The van der Waals surface area contributed by atoms with Crippen LogP contribution in [0.15, 0.2) is 23.1 Å². The Bertz CT molecular complexity index is 552. The zero-order valence-corrected chi connectivity index (χ0v) is 11.2. The van der Waals surface area contributed by atoms with E-state index in [4.69, 9.17) is 9.88 Å². The highest BCUT2D eigenvalue weighted by Crippen LogP contribution is 2.27. The van der Waals surface area contributed by atoms with Crippen LogP contribution in [0.1, 0.15) is 13.8 Å². The summed E-state index contributed by atoms with van der Waals surface area (Å²) in [6.07, 6.45) is 0. The number of nitrogens with one attached hydrogen (secondary N) is 1. The van der Waals surface area contributed by atoms with Gasteiger partial charge in [-0.3, -0.25) is 4.79 Å². The van der Waals surface area contributed by atoms with Crippen LogP contribution in [-0.2, 0) is 14.8 Å². The second-order valence-corrected chi connectivity index (χ2v) is 5.61. The minimum absolute atomic E-state index is 0.0812. The van der Waals surface area contributed by atoms with E-state index in [1.807, 2.05) is 0 Å². The van der Waals surface area contributed by atoms with Crippen molar-refractivity contribution >= 4 is 21.6 Å². The summed E-state index contributed by atoms with van der Waals surface area (Å²) in [4.78, 5) is 11.5. The molecule has 1 amide bonds. The molecule has 100 valence electrons. The molecule has 1 aromatic rings. The number of benzene rings is 1. The number of amides is 1. The molecule has 0 atom stereocenters. The minimum Gasteiger partial charge on any atom is -0.495 e. The van der Waals surface area contributed by atoms with Gasteiger partial charge < -0.3 is 10.1 Å². The molecule has 0 spiro atoms. The van der Waals surface area contributed by atoms with E-state index in [0.717, 1.165) is 0 Å². The van der Waals surface area contributed by atoms with Crippen molar-refractivity contribution in [1.29, 1.82) is 0 Å². The van der Waals surface area contributed by atoms with Crippen LogP contribution in [-0.4, -0.2) is 21.4 Å². The quantitative estimate of drug-likeness (QED) is 0.852. The summed E-state index contributed by atoms with van der Waals surface area (Å²) in [5.74, 6) is -0.0934. The first-order valence-corrected chi connectivity index (χ1v) is 6.82. The van der Waals surface area contributed by atoms with Crippen molar-refractivity contribution in [2.75, 3.05) is 12.4 Å². The normalized spacial score (nSPS) is 11.4. The molecule has 0 unspecified atom stereocenters. The molecule has 0 heterocycles. The monoisotopic (exact) mass is 272 g/mol. The number of ether oxygens (including phenoxy) is 1. The maximum Gasteiger partial charge on any atom is 0.238 e. The second-order valence-electron chi connectivity index (χ2n) is 4.05. The molecular weight excluding hydrogens is 256 g/mol. The number of rotatable bonds is 4. The van der Waals surface area contributed by atoms with E-state index >= 15 is 0 Å². The Morgan fingerprint density at radius 3 is 2.44 bits per heavy atom. The Morgan fingerprint density at radius 2 is 2.00 bits per heavy atom. The van der Waals surface area contributed by atoms with Crippen LogP contribution in [0.4, 0.5) is 5.69 Å². The van der Waals surface area contributed by atoms with Gasteiger partial charge in [0.05, 0.1) is 17.7 Å². The van der Waals surface area contributed by atoms with Crippen LogP contribution in [0.2, 0.25) is 0 Å². The Labute approximate surface area is 106 Å². The van der Waals surface area contributed by atoms with Gasteiger partial charge in [-0.1, -0.05) is 13.8 Å². The third-order valence-corrected chi connectivity index (χ3v) is 3.19. The summed E-state index contributed by atoms with van der Waals surface area (Å²) >= 11 is 0. The van der Waals surface area contributed by atoms with Crippen molar-refractivity contribution in [1.82, 2.24) is 0 Å². The van der Waals surface area contributed by atoms with Crippen molar-refractivity contribution in [2.45, 2.75) is 18.7 Å². The van der Waals surface area contributed by atoms with Gasteiger partial charge in [0.15, 0.2) is 0 Å². The van der Waals surface area contributed by atoms with Gasteiger partial charge in [0.2, 0.25) is 15.9 Å². The zero-order chi connectivity index (χ0) is 13.9. The number of anilines is 1. The van der Waals surface area contributed by atoms with Gasteiger partial charge >= 0.3 is 0 Å². The van der Waals surface area contributed by atoms with Gasteiger partial charge in [-0.25, -0.2) is 13.6 Å². The van der Waals surface area contributed by atoms with E-state index in [2.05, 4.69) is 5.32 Å². The Kier molecular flexibility index (Phi) is 4.31. The fourth-order valence-electron chi connectivity index (χ4n) is 1.24. The summed E-state index contributed by atoms with van der Waals surface area (Å²) in [5.41, 5.74) is 0.280. The third-order valence-electron chi connectivity index (χ3n) is 2.28. The van der Waals surface area contributed by atoms with Crippen LogP contribution in [0, 0.1) is 5.92 Å². The average molecular weight is 272 g/mol. The van der Waals surface area contributed by atoms with E-state index in [1.54, 1.807) is 13.8 Å². The number of carbonyl (C=O) groups excluding carboxylic acids is 1. The summed E-state index contributed by atoms with van der Waals surface area (Å²) in [6.45, 7) is 3.46. The molecular formula is C11H16N2O4S. The molecule has 0 aliphatic carbocycles. The number of primary sulfonamides is 1. The average Bonchev–Trinajstić information content (AvgIpc) is 2.27. The molecule has 0 saturated carbocycles. The first kappa shape index (κ1) is 14.5. The number of hydrogen-bond acceptors (Lipinski definition) is 4. The highest BCUT2D eigenvalue weighted by molar-refractivity contribution is 7.89. The third kappa shape index (κ3) is 3.44. The number of sulfonamides is 1. The molecule has 0 bridgehead atoms. The van der Waals surface area contributed by atoms with Gasteiger partial charge in [-0.2, -0.15) is 0 Å². The van der Waals surface area contributed by atoms with Crippen molar-refractivity contribution < 1.29 is 17.9 Å². The zero-order valence-electron chi connectivity index (χ0n) is 10.4. The Balaban J connectivity index is 3.19. The number of nitrogens with two attached hydrogens (primary N) is 1. The molecule has 0 saturated heterocycles. The standard InChI is InChI=1S/C11H16N2O4S/c1-7(2)11(14)13-9-6-8(18(12,15)16)4-5-10(9)17-3/h4-7H,1-3H3,(H,13,14)(H2,12,15,16). The Hall–Kier alpha value is -1.60. The van der Waals surface area contributed by atoms with Crippen molar-refractivity contribution in [3.63, 3.8) is 0 Å². The van der Waals surface area contributed by atoms with Gasteiger partial charge in [0.25, 0.3) is 0 Å². The predicted molar refractivity (Wildman–Crippen MR) is 67.8 cm³/mol. The fourth-order valence-corrected chi connectivity index (χ4v) is 1.78. The maximum atomic E-state index is 11.6. The molecule has 1 rings (SSSR count). The van der Waals surface area contributed by atoms with Gasteiger partial charge in [0.1, 0.15) is 5.75 Å². The SMILES string of the molecule is COc1ccc(S(N)(=O)=O)cc1NC(=O)C(C)C. The van der Waals surface area contributed by atoms with E-state index in [1.165, 1.54) is 25.3 Å². The summed E-state index contributed by atoms with van der Waals surface area (Å²) in [5, 5.41) is 7.62. The lowest BCUT2D eigenvalue weighted by atomic mass is 10.2. The van der Waals surface area contributed by atoms with Gasteiger partial charge in [-0.15, -0.1) is 0 Å². The summed E-state index contributed by atoms with van der Waals surface area (Å²) < 4.78 is 27.5. The topological polar surface area (TPSA) is 98.5 Å². The summed E-state index contributed by atoms with van der Waals surface area (Å²) in [6, 6.07) is 4.03. The maximum absolute atomic E-state index is 11.6. The van der Waals surface area contributed by atoms with Crippen LogP contribution in [0.5, 0.6) is 5.75 Å². The van der Waals surface area contributed by atoms with Crippen LogP contribution >= 0.6 is 0 Å². The Morgan fingerprint density at radius 1 is 1.39 bits per heavy atom. The highest BCUT2D eigenvalue weighted by atomic mass is 32.2. The van der Waals surface area contributed by atoms with Gasteiger partial charge in [0, 0.05) is 5.92 Å². The number of methoxy groups -OCH3 is 1. The molecule has 0 aliphatic rings. The molecule has 0 aromatic heterocycles. The molecule has 3 N–H and O–H groups in total. The van der Waals surface area contributed by atoms with Crippen LogP contribution < -0.4 is 15.2 Å². The van der Waals surface area contributed by atoms with Gasteiger partial charge in [-0.05, 0) is 18.2 Å². The lowest BCUT2D eigenvalue weighted by Gasteiger charge is -2.12.